The topological polar surface area (TPSA) is 83.9 Å². The summed E-state index contributed by atoms with van der Waals surface area (Å²) >= 11 is 0. The SMILES string of the molecule is CCN1CCC(CCC(=O)C23CCC(C4(C)CC4)C2C2CCC4C5(C)CCC(OC(=O)CC(C)(C)CC(=O)O)C(C)(C)C5CCC4(C)C2(C)CC3)CC1. The largest absolute Gasteiger partial charge is 0.481 e. The fourth-order valence-corrected chi connectivity index (χ4v) is 15.8. The van der Waals surface area contributed by atoms with Crippen LogP contribution in [0.4, 0.5) is 0 Å². The second-order valence-electron chi connectivity index (χ2n) is 22.7. The Kier molecular flexibility index (Phi) is 10.2. The van der Waals surface area contributed by atoms with Crippen LogP contribution in [0.25, 0.3) is 0 Å². The predicted molar refractivity (Wildman–Crippen MR) is 211 cm³/mol. The number of carbonyl (C=O) groups is 3. The van der Waals surface area contributed by atoms with E-state index in [0.717, 1.165) is 51.0 Å². The lowest BCUT2D eigenvalue weighted by Crippen LogP contribution is -2.67. The van der Waals surface area contributed by atoms with Crippen LogP contribution >= 0.6 is 0 Å². The van der Waals surface area contributed by atoms with E-state index in [2.05, 4.69) is 53.4 Å². The summed E-state index contributed by atoms with van der Waals surface area (Å²) in [5.41, 5.74) is 0.257. The number of hydrogen-bond acceptors (Lipinski definition) is 5. The molecule has 7 fully saturated rings. The zero-order chi connectivity index (χ0) is 38.4. The summed E-state index contributed by atoms with van der Waals surface area (Å²) in [7, 11) is 0. The van der Waals surface area contributed by atoms with Crippen LogP contribution < -0.4 is 0 Å². The van der Waals surface area contributed by atoms with Gasteiger partial charge < -0.3 is 14.7 Å². The van der Waals surface area contributed by atoms with Gasteiger partial charge in [-0.3, -0.25) is 14.4 Å². The number of hydrogen-bond donors (Lipinski definition) is 1. The molecule has 6 saturated carbocycles. The highest BCUT2D eigenvalue weighted by atomic mass is 16.5. The Morgan fingerprint density at radius 3 is 2.08 bits per heavy atom. The number of ether oxygens (including phenoxy) is 1. The quantitative estimate of drug-likeness (QED) is 0.213. The number of piperidine rings is 1. The first-order valence-electron chi connectivity index (χ1n) is 22.4. The van der Waals surface area contributed by atoms with Gasteiger partial charge in [0.25, 0.3) is 0 Å². The molecule has 7 aliphatic rings. The van der Waals surface area contributed by atoms with E-state index in [1.54, 1.807) is 0 Å². The molecular weight excluding hydrogens is 659 g/mol. The molecule has 1 N–H and O–H groups in total. The van der Waals surface area contributed by atoms with Crippen LogP contribution in [0.3, 0.4) is 0 Å². The second kappa shape index (κ2) is 13.6. The molecule has 300 valence electrons. The molecule has 0 aromatic rings. The molecule has 7 rings (SSSR count). The number of fused-ring (bicyclic) bond motifs is 7. The van der Waals surface area contributed by atoms with Gasteiger partial charge in [-0.05, 0) is 179 Å². The molecule has 0 aromatic carbocycles. The predicted octanol–water partition coefficient (Wildman–Crippen LogP) is 10.8. The molecule has 6 heteroatoms. The molecule has 0 amide bonds. The van der Waals surface area contributed by atoms with Crippen molar-refractivity contribution >= 4 is 17.7 Å². The van der Waals surface area contributed by atoms with Crippen LogP contribution in [-0.4, -0.2) is 53.5 Å². The van der Waals surface area contributed by atoms with Crippen LogP contribution in [0.15, 0.2) is 0 Å². The first-order chi connectivity index (χ1) is 24.7. The van der Waals surface area contributed by atoms with E-state index in [-0.39, 0.29) is 52.0 Å². The van der Waals surface area contributed by atoms with Gasteiger partial charge in [-0.1, -0.05) is 62.3 Å². The summed E-state index contributed by atoms with van der Waals surface area (Å²) in [4.78, 5) is 42.2. The number of aliphatic carboxylic acids is 1. The number of likely N-dealkylation sites (tertiary alicyclic amines) is 1. The maximum absolute atomic E-state index is 14.9. The maximum Gasteiger partial charge on any atom is 0.306 e. The molecule has 10 unspecified atom stereocenters. The van der Waals surface area contributed by atoms with E-state index in [1.807, 2.05) is 13.8 Å². The minimum atomic E-state index is -0.871. The number of carboxylic acid groups (broad SMARTS) is 1. The van der Waals surface area contributed by atoms with Crippen molar-refractivity contribution in [2.45, 2.75) is 184 Å². The third-order valence-corrected chi connectivity index (χ3v) is 19.3. The smallest absolute Gasteiger partial charge is 0.306 e. The van der Waals surface area contributed by atoms with Crippen molar-refractivity contribution in [1.82, 2.24) is 4.90 Å². The van der Waals surface area contributed by atoms with Crippen molar-refractivity contribution in [3.63, 3.8) is 0 Å². The molecule has 53 heavy (non-hydrogen) atoms. The lowest BCUT2D eigenvalue weighted by atomic mass is 9.32. The standard InChI is InChI=1S/C47H77NO5/c1-10-48-27-18-31(19-28-48)11-14-36(49)47-22-15-32(43(6)23-24-43)40(47)33-12-13-35-44(7)20-17-37(53-39(52)30-41(2,3)29-38(50)51)42(4,5)34(44)16-21-46(35,9)45(33,8)25-26-47/h31-35,37,40H,10-30H2,1-9H3,(H,50,51). The molecule has 1 heterocycles. The molecule has 1 saturated heterocycles. The Morgan fingerprint density at radius 1 is 0.736 bits per heavy atom. The van der Waals surface area contributed by atoms with Crippen LogP contribution in [0.1, 0.15) is 178 Å². The van der Waals surface area contributed by atoms with Crippen molar-refractivity contribution in [2.24, 2.45) is 73.4 Å². The van der Waals surface area contributed by atoms with Gasteiger partial charge in [-0.2, -0.15) is 0 Å². The molecular formula is C47H77NO5. The molecule has 0 aromatic heterocycles. The number of rotatable bonds is 11. The number of ketones is 1. The van der Waals surface area contributed by atoms with E-state index in [0.29, 0.717) is 40.8 Å². The minimum Gasteiger partial charge on any atom is -0.481 e. The summed E-state index contributed by atoms with van der Waals surface area (Å²) in [5, 5.41) is 9.38. The van der Waals surface area contributed by atoms with Gasteiger partial charge in [0.05, 0.1) is 12.8 Å². The van der Waals surface area contributed by atoms with Crippen molar-refractivity contribution in [3.05, 3.63) is 0 Å². The Labute approximate surface area is 323 Å². The van der Waals surface area contributed by atoms with Crippen molar-refractivity contribution < 1.29 is 24.2 Å². The molecule has 0 radical (unpaired) electrons. The molecule has 6 nitrogen and oxygen atoms in total. The Balaban J connectivity index is 1.10. The third-order valence-electron chi connectivity index (χ3n) is 19.3. The summed E-state index contributed by atoms with van der Waals surface area (Å²) < 4.78 is 6.32. The van der Waals surface area contributed by atoms with E-state index in [1.165, 1.54) is 77.3 Å². The van der Waals surface area contributed by atoms with Gasteiger partial charge in [-0.25, -0.2) is 0 Å². The zero-order valence-corrected chi connectivity index (χ0v) is 35.4. The lowest BCUT2D eigenvalue weighted by Gasteiger charge is -2.73. The first-order valence-corrected chi connectivity index (χ1v) is 22.4. The van der Waals surface area contributed by atoms with Gasteiger partial charge >= 0.3 is 11.9 Å². The van der Waals surface area contributed by atoms with Crippen LogP contribution in [-0.2, 0) is 19.1 Å². The zero-order valence-electron chi connectivity index (χ0n) is 35.4. The number of Topliss-reactive ketones (excluding diaryl/α,β-unsaturated/α-hetero) is 1. The molecule has 0 bridgehead atoms. The first kappa shape index (κ1) is 39.8. The van der Waals surface area contributed by atoms with Crippen molar-refractivity contribution in [3.8, 4) is 0 Å². The van der Waals surface area contributed by atoms with Gasteiger partial charge in [-0.15, -0.1) is 0 Å². The highest BCUT2D eigenvalue weighted by Gasteiger charge is 2.73. The number of carbonyl (C=O) groups excluding carboxylic acids is 2. The third kappa shape index (κ3) is 6.49. The summed E-state index contributed by atoms with van der Waals surface area (Å²) in [6, 6.07) is 0. The van der Waals surface area contributed by atoms with Crippen LogP contribution in [0.2, 0.25) is 0 Å². The molecule has 1 aliphatic heterocycles. The summed E-state index contributed by atoms with van der Waals surface area (Å²) in [6.07, 6.45) is 18.8. The van der Waals surface area contributed by atoms with Crippen LogP contribution in [0, 0.1) is 73.4 Å². The Hall–Kier alpha value is -1.43. The van der Waals surface area contributed by atoms with Gasteiger partial charge in [0, 0.05) is 17.3 Å². The second-order valence-corrected chi connectivity index (χ2v) is 22.7. The van der Waals surface area contributed by atoms with Gasteiger partial charge in [0.2, 0.25) is 0 Å². The van der Waals surface area contributed by atoms with Crippen molar-refractivity contribution in [2.75, 3.05) is 19.6 Å². The lowest BCUT2D eigenvalue weighted by molar-refractivity contribution is -0.250. The number of carboxylic acids is 1. The van der Waals surface area contributed by atoms with E-state index in [9.17, 15) is 19.5 Å². The van der Waals surface area contributed by atoms with E-state index in [4.69, 9.17) is 4.74 Å². The number of esters is 1. The minimum absolute atomic E-state index is 0.0362. The van der Waals surface area contributed by atoms with Gasteiger partial charge in [0.15, 0.2) is 0 Å². The normalized spacial score (nSPS) is 43.5. The highest BCUT2D eigenvalue weighted by Crippen LogP contribution is 2.79. The molecule has 10 atom stereocenters. The highest BCUT2D eigenvalue weighted by molar-refractivity contribution is 5.86. The number of nitrogens with zero attached hydrogens (tertiary/aromatic N) is 1. The fourth-order valence-electron chi connectivity index (χ4n) is 15.8. The maximum atomic E-state index is 14.9. The van der Waals surface area contributed by atoms with E-state index >= 15 is 0 Å². The average Bonchev–Trinajstić information content (AvgIpc) is 3.69. The molecule has 6 aliphatic carbocycles. The van der Waals surface area contributed by atoms with E-state index < -0.39 is 11.4 Å². The van der Waals surface area contributed by atoms with Crippen LogP contribution in [0.5, 0.6) is 0 Å². The van der Waals surface area contributed by atoms with Gasteiger partial charge in [0.1, 0.15) is 11.9 Å². The monoisotopic (exact) mass is 736 g/mol. The summed E-state index contributed by atoms with van der Waals surface area (Å²) in [6.45, 7) is 24.9. The fraction of sp³-hybridized carbons (Fsp3) is 0.936. The average molecular weight is 736 g/mol. The summed E-state index contributed by atoms with van der Waals surface area (Å²) in [5.74, 6) is 3.29. The van der Waals surface area contributed by atoms with Crippen molar-refractivity contribution in [1.29, 1.82) is 0 Å². The Bertz CT molecular complexity index is 1420. The Morgan fingerprint density at radius 2 is 1.43 bits per heavy atom. The molecule has 0 spiro atoms.